The Morgan fingerprint density at radius 1 is 0.421 bits per heavy atom. The van der Waals surface area contributed by atoms with Crippen molar-refractivity contribution in [3.8, 4) is 0 Å². The molecule has 0 saturated heterocycles. The maximum Gasteiger partial charge on any atom is 0.136 e. The number of benzene rings is 5. The lowest BCUT2D eigenvalue weighted by molar-refractivity contribution is 0.664. The molecular formula is C36H34O2. The zero-order chi connectivity index (χ0) is 25.6. The Balaban J connectivity index is 1.32. The van der Waals surface area contributed by atoms with Crippen LogP contribution in [0.5, 0.6) is 0 Å². The maximum atomic E-state index is 6.43. The molecule has 0 radical (unpaired) electrons. The number of aryl methyl sites for hydroxylation is 2. The van der Waals surface area contributed by atoms with Gasteiger partial charge in [-0.25, -0.2) is 0 Å². The second-order valence-corrected chi connectivity index (χ2v) is 11.0. The summed E-state index contributed by atoms with van der Waals surface area (Å²) in [6.07, 6.45) is 9.84. The molecule has 190 valence electrons. The van der Waals surface area contributed by atoms with E-state index in [0.717, 1.165) is 56.7 Å². The molecule has 0 amide bonds. The molecule has 2 heteroatoms. The average molecular weight is 499 g/mol. The molecule has 0 aliphatic heterocycles. The van der Waals surface area contributed by atoms with E-state index in [1.54, 1.807) is 0 Å². The first-order valence-corrected chi connectivity index (χ1v) is 14.4. The zero-order valence-corrected chi connectivity index (χ0v) is 22.4. The second-order valence-electron chi connectivity index (χ2n) is 11.0. The number of hydrogen-bond donors (Lipinski definition) is 0. The Hall–Kier alpha value is -3.78. The minimum Gasteiger partial charge on any atom is -0.456 e. The molecule has 7 rings (SSSR count). The van der Waals surface area contributed by atoms with E-state index in [4.69, 9.17) is 8.83 Å². The SMILES string of the molecule is CCCCCc1ccc2cc3c(cc2c1)oc1cc2c(cc13)oc1cc3cc(CCCCC)ccc3cc12. The van der Waals surface area contributed by atoms with Gasteiger partial charge in [0, 0.05) is 21.5 Å². The van der Waals surface area contributed by atoms with E-state index < -0.39 is 0 Å². The molecule has 38 heavy (non-hydrogen) atoms. The predicted octanol–water partition coefficient (Wildman–Crippen LogP) is 11.3. The summed E-state index contributed by atoms with van der Waals surface area (Å²) in [6.45, 7) is 4.51. The fraction of sp³-hybridized carbons (Fsp3) is 0.278. The molecule has 7 aromatic rings. The van der Waals surface area contributed by atoms with Gasteiger partial charge in [0.1, 0.15) is 22.3 Å². The molecule has 0 spiro atoms. The fourth-order valence-corrected chi connectivity index (χ4v) is 6.10. The topological polar surface area (TPSA) is 26.3 Å². The summed E-state index contributed by atoms with van der Waals surface area (Å²) in [5.41, 5.74) is 6.53. The average Bonchev–Trinajstić information content (AvgIpc) is 3.45. The van der Waals surface area contributed by atoms with E-state index in [1.165, 1.54) is 71.2 Å². The van der Waals surface area contributed by atoms with Crippen LogP contribution in [-0.4, -0.2) is 0 Å². The van der Waals surface area contributed by atoms with Gasteiger partial charge < -0.3 is 8.83 Å². The molecule has 2 heterocycles. The monoisotopic (exact) mass is 498 g/mol. The lowest BCUT2D eigenvalue weighted by Crippen LogP contribution is -1.85. The Kier molecular flexibility index (Phi) is 5.84. The van der Waals surface area contributed by atoms with Gasteiger partial charge in [-0.05, 0) is 94.8 Å². The smallest absolute Gasteiger partial charge is 0.136 e. The summed E-state index contributed by atoms with van der Waals surface area (Å²) in [7, 11) is 0. The summed E-state index contributed by atoms with van der Waals surface area (Å²) in [4.78, 5) is 0. The van der Waals surface area contributed by atoms with Crippen molar-refractivity contribution in [1.29, 1.82) is 0 Å². The van der Waals surface area contributed by atoms with E-state index in [1.807, 2.05) is 0 Å². The van der Waals surface area contributed by atoms with Gasteiger partial charge in [0.25, 0.3) is 0 Å². The summed E-state index contributed by atoms with van der Waals surface area (Å²) < 4.78 is 12.9. The molecule has 0 fully saturated rings. The minimum absolute atomic E-state index is 0.917. The molecule has 5 aromatic carbocycles. The van der Waals surface area contributed by atoms with E-state index in [0.29, 0.717) is 0 Å². The van der Waals surface area contributed by atoms with Gasteiger partial charge in [-0.3, -0.25) is 0 Å². The van der Waals surface area contributed by atoms with E-state index >= 15 is 0 Å². The zero-order valence-electron chi connectivity index (χ0n) is 22.4. The molecular weight excluding hydrogens is 464 g/mol. The number of fused-ring (bicyclic) bond motifs is 8. The molecule has 2 nitrogen and oxygen atoms in total. The first-order chi connectivity index (χ1) is 18.7. The Morgan fingerprint density at radius 2 is 0.842 bits per heavy atom. The lowest BCUT2D eigenvalue weighted by Gasteiger charge is -2.04. The van der Waals surface area contributed by atoms with Crippen LogP contribution in [0.25, 0.3) is 65.4 Å². The van der Waals surface area contributed by atoms with Crippen LogP contribution in [-0.2, 0) is 12.8 Å². The van der Waals surface area contributed by atoms with Crippen molar-refractivity contribution >= 4 is 65.4 Å². The highest BCUT2D eigenvalue weighted by Gasteiger charge is 2.15. The molecule has 0 saturated carbocycles. The molecule has 0 N–H and O–H groups in total. The van der Waals surface area contributed by atoms with Gasteiger partial charge in [-0.2, -0.15) is 0 Å². The minimum atomic E-state index is 0.917. The van der Waals surface area contributed by atoms with E-state index in [2.05, 4.69) is 86.6 Å². The highest BCUT2D eigenvalue weighted by molar-refractivity contribution is 6.18. The molecule has 0 aliphatic rings. The summed E-state index contributed by atoms with van der Waals surface area (Å²) in [6, 6.07) is 27.0. The van der Waals surface area contributed by atoms with E-state index in [-0.39, 0.29) is 0 Å². The third kappa shape index (κ3) is 4.04. The highest BCUT2D eigenvalue weighted by Crippen LogP contribution is 2.39. The first-order valence-electron chi connectivity index (χ1n) is 14.4. The maximum absolute atomic E-state index is 6.43. The molecule has 0 unspecified atom stereocenters. The van der Waals surface area contributed by atoms with Crippen LogP contribution in [0.2, 0.25) is 0 Å². The predicted molar refractivity (Wildman–Crippen MR) is 162 cm³/mol. The van der Waals surface area contributed by atoms with Gasteiger partial charge >= 0.3 is 0 Å². The highest BCUT2D eigenvalue weighted by atomic mass is 16.3. The van der Waals surface area contributed by atoms with Gasteiger partial charge in [0.15, 0.2) is 0 Å². The Bertz CT molecular complexity index is 1810. The number of rotatable bonds is 8. The van der Waals surface area contributed by atoms with Crippen molar-refractivity contribution < 1.29 is 8.83 Å². The molecule has 2 aromatic heterocycles. The van der Waals surface area contributed by atoms with Crippen molar-refractivity contribution in [3.63, 3.8) is 0 Å². The molecule has 0 atom stereocenters. The van der Waals surface area contributed by atoms with Crippen LogP contribution >= 0.6 is 0 Å². The van der Waals surface area contributed by atoms with Crippen LogP contribution in [0.1, 0.15) is 63.5 Å². The largest absolute Gasteiger partial charge is 0.456 e. The van der Waals surface area contributed by atoms with Gasteiger partial charge in [0.2, 0.25) is 0 Å². The van der Waals surface area contributed by atoms with Crippen LogP contribution in [0.3, 0.4) is 0 Å². The van der Waals surface area contributed by atoms with Crippen LogP contribution in [0.15, 0.2) is 81.6 Å². The van der Waals surface area contributed by atoms with Crippen LogP contribution in [0, 0.1) is 0 Å². The molecule has 0 bridgehead atoms. The Labute approximate surface area is 223 Å². The van der Waals surface area contributed by atoms with Crippen molar-refractivity contribution in [1.82, 2.24) is 0 Å². The molecule has 0 aliphatic carbocycles. The summed E-state index contributed by atoms with van der Waals surface area (Å²) in [5, 5.41) is 9.54. The Morgan fingerprint density at radius 3 is 1.29 bits per heavy atom. The third-order valence-electron chi connectivity index (χ3n) is 8.25. The number of unbranched alkanes of at least 4 members (excludes halogenated alkanes) is 4. The van der Waals surface area contributed by atoms with Crippen LogP contribution in [0.4, 0.5) is 0 Å². The second kappa shape index (κ2) is 9.51. The van der Waals surface area contributed by atoms with Crippen LogP contribution < -0.4 is 0 Å². The van der Waals surface area contributed by atoms with Gasteiger partial charge in [-0.15, -0.1) is 0 Å². The van der Waals surface area contributed by atoms with Crippen molar-refractivity contribution in [2.24, 2.45) is 0 Å². The normalized spacial score (nSPS) is 12.3. The standard InChI is InChI=1S/C36H34O2/c1-3-5-7-9-23-11-13-25-17-29-31-21-36-32(22-35(31)37-33(29)19-27(25)15-23)30-18-26-14-12-24(10-8-6-4-2)16-28(26)20-34(30)38-36/h11-22H,3-10H2,1-2H3. The third-order valence-corrected chi connectivity index (χ3v) is 8.25. The van der Waals surface area contributed by atoms with Gasteiger partial charge in [0.05, 0.1) is 0 Å². The number of furan rings is 2. The van der Waals surface area contributed by atoms with Crippen molar-refractivity contribution in [2.45, 2.75) is 65.2 Å². The summed E-state index contributed by atoms with van der Waals surface area (Å²) in [5.74, 6) is 0. The first kappa shape index (κ1) is 23.3. The summed E-state index contributed by atoms with van der Waals surface area (Å²) >= 11 is 0. The van der Waals surface area contributed by atoms with Crippen molar-refractivity contribution in [3.05, 3.63) is 83.9 Å². The lowest BCUT2D eigenvalue weighted by atomic mass is 10.00. The fourth-order valence-electron chi connectivity index (χ4n) is 6.10. The quantitative estimate of drug-likeness (QED) is 0.195. The van der Waals surface area contributed by atoms with Gasteiger partial charge in [-0.1, -0.05) is 75.9 Å². The van der Waals surface area contributed by atoms with Crippen molar-refractivity contribution in [2.75, 3.05) is 0 Å². The van der Waals surface area contributed by atoms with E-state index in [9.17, 15) is 0 Å². The number of hydrogen-bond acceptors (Lipinski definition) is 2.